The van der Waals surface area contributed by atoms with E-state index in [1.165, 1.54) is 0 Å². The van der Waals surface area contributed by atoms with Crippen molar-refractivity contribution in [2.45, 2.75) is 108 Å². The van der Waals surface area contributed by atoms with Crippen molar-refractivity contribution in [3.05, 3.63) is 245 Å². The van der Waals surface area contributed by atoms with Crippen LogP contribution in [0.15, 0.2) is 206 Å². The summed E-state index contributed by atoms with van der Waals surface area (Å²) in [6.07, 6.45) is -5.88. The van der Waals surface area contributed by atoms with Gasteiger partial charge in [-0.2, -0.15) is 0 Å². The summed E-state index contributed by atoms with van der Waals surface area (Å²) in [5.74, 6) is 0. The molecule has 1 aromatic heterocycles. The number of aromatic nitrogens is 1. The van der Waals surface area contributed by atoms with Gasteiger partial charge in [0.25, 0.3) is 0 Å². The van der Waals surface area contributed by atoms with Gasteiger partial charge in [-0.1, -0.05) is 188 Å². The topological polar surface area (TPSA) is 114 Å². The number of benzene rings is 6. The molecule has 2 fully saturated rings. The molecule has 2 saturated heterocycles. The largest absolute Gasteiger partial charge is 0.374 e. The molecular formula is C61H65NO11. The van der Waals surface area contributed by atoms with Gasteiger partial charge in [-0.25, -0.2) is 0 Å². The number of ether oxygens (including phenoxy) is 11. The van der Waals surface area contributed by atoms with E-state index in [1.54, 1.807) is 13.3 Å². The van der Waals surface area contributed by atoms with Crippen molar-refractivity contribution < 1.29 is 52.1 Å². The molecule has 0 bridgehead atoms. The maximum Gasteiger partial charge on any atom is 0.187 e. The van der Waals surface area contributed by atoms with E-state index in [0.717, 1.165) is 39.1 Å². The molecule has 0 saturated carbocycles. The van der Waals surface area contributed by atoms with Crippen LogP contribution in [0.2, 0.25) is 0 Å². The normalized spacial score (nSPS) is 24.0. The van der Waals surface area contributed by atoms with E-state index in [1.807, 2.05) is 200 Å². The van der Waals surface area contributed by atoms with Crippen molar-refractivity contribution in [3.8, 4) is 0 Å². The number of nitrogens with zero attached hydrogens (tertiary/aromatic N) is 1. The Balaban J connectivity index is 1.05. The summed E-state index contributed by atoms with van der Waals surface area (Å²) in [7, 11) is 1.61. The van der Waals surface area contributed by atoms with E-state index in [2.05, 4.69) is 4.98 Å². The van der Waals surface area contributed by atoms with Gasteiger partial charge < -0.3 is 52.1 Å². The van der Waals surface area contributed by atoms with Crippen LogP contribution in [0.4, 0.5) is 0 Å². The van der Waals surface area contributed by atoms with E-state index in [-0.39, 0.29) is 46.2 Å². The third-order valence-corrected chi connectivity index (χ3v) is 12.8. The fourth-order valence-corrected chi connectivity index (χ4v) is 9.04. The molecule has 10 atom stereocenters. The second-order valence-electron chi connectivity index (χ2n) is 18.1. The number of hydrogen-bond acceptors (Lipinski definition) is 12. The zero-order valence-electron chi connectivity index (χ0n) is 41.2. The second kappa shape index (κ2) is 27.9. The van der Waals surface area contributed by atoms with Crippen molar-refractivity contribution in [1.29, 1.82) is 0 Å². The second-order valence-corrected chi connectivity index (χ2v) is 18.1. The predicted molar refractivity (Wildman–Crippen MR) is 274 cm³/mol. The lowest BCUT2D eigenvalue weighted by molar-refractivity contribution is -0.351. The molecule has 0 amide bonds. The number of rotatable bonds is 26. The monoisotopic (exact) mass is 987 g/mol. The Labute approximate surface area is 429 Å². The van der Waals surface area contributed by atoms with E-state index in [0.29, 0.717) is 13.2 Å². The first-order valence-corrected chi connectivity index (χ1v) is 25.0. The number of methoxy groups -OCH3 is 1. The van der Waals surface area contributed by atoms with Crippen LogP contribution in [-0.2, 0) is 98.4 Å². The third-order valence-electron chi connectivity index (χ3n) is 12.8. The molecule has 380 valence electrons. The molecule has 0 spiro atoms. The van der Waals surface area contributed by atoms with E-state index < -0.39 is 61.4 Å². The minimum atomic E-state index is -1.01. The zero-order chi connectivity index (χ0) is 49.7. The van der Waals surface area contributed by atoms with Gasteiger partial charge in [0.2, 0.25) is 0 Å². The Morgan fingerprint density at radius 3 is 1.08 bits per heavy atom. The Bertz CT molecular complexity index is 2570. The first-order chi connectivity index (χ1) is 36.2. The van der Waals surface area contributed by atoms with Crippen molar-refractivity contribution >= 4 is 0 Å². The average molecular weight is 988 g/mol. The fraction of sp³-hybridized carbons (Fsp3) is 0.328. The summed E-state index contributed by atoms with van der Waals surface area (Å²) >= 11 is 0. The molecule has 6 aromatic carbocycles. The summed E-state index contributed by atoms with van der Waals surface area (Å²) in [4.78, 5) is 4.57. The smallest absolute Gasteiger partial charge is 0.187 e. The van der Waals surface area contributed by atoms with Crippen LogP contribution in [0.1, 0.15) is 39.1 Å². The SMILES string of the molecule is CO[C@H]1O[C@H](CO[C@H]2O[C@H](COCc3ccccc3)[C@@H](OCc3ccccn3)[C@H](OCc3ccccc3)[C@H]2OCc2ccccc2)[C@@H](OCc2ccccc2)[C@H](OCc2ccccc2)[C@H]1OCc1ccccc1. The molecule has 12 heteroatoms. The van der Waals surface area contributed by atoms with Crippen molar-refractivity contribution in [2.24, 2.45) is 0 Å². The Kier molecular flexibility index (Phi) is 19.8. The molecule has 7 aromatic rings. The minimum Gasteiger partial charge on any atom is -0.374 e. The highest BCUT2D eigenvalue weighted by Gasteiger charge is 2.52. The van der Waals surface area contributed by atoms with Gasteiger partial charge in [0, 0.05) is 13.3 Å². The molecule has 0 aliphatic carbocycles. The zero-order valence-corrected chi connectivity index (χ0v) is 41.2. The summed E-state index contributed by atoms with van der Waals surface area (Å²) in [6, 6.07) is 65.9. The summed E-state index contributed by atoms with van der Waals surface area (Å²) in [5.41, 5.74) is 6.71. The van der Waals surface area contributed by atoms with Crippen LogP contribution >= 0.6 is 0 Å². The Morgan fingerprint density at radius 1 is 0.329 bits per heavy atom. The molecule has 12 nitrogen and oxygen atoms in total. The van der Waals surface area contributed by atoms with Gasteiger partial charge in [0.1, 0.15) is 48.8 Å². The molecule has 2 aliphatic heterocycles. The van der Waals surface area contributed by atoms with Gasteiger partial charge in [0.05, 0.1) is 65.2 Å². The highest BCUT2D eigenvalue weighted by atomic mass is 16.7. The summed E-state index contributed by atoms with van der Waals surface area (Å²) in [5, 5.41) is 0. The van der Waals surface area contributed by atoms with Crippen LogP contribution in [0.3, 0.4) is 0 Å². The van der Waals surface area contributed by atoms with Gasteiger partial charge in [-0.15, -0.1) is 0 Å². The fourth-order valence-electron chi connectivity index (χ4n) is 9.04. The lowest BCUT2D eigenvalue weighted by Gasteiger charge is -2.48. The lowest BCUT2D eigenvalue weighted by atomic mass is 9.97. The maximum atomic E-state index is 7.08. The molecule has 2 aliphatic rings. The highest BCUT2D eigenvalue weighted by Crippen LogP contribution is 2.35. The number of pyridine rings is 1. The van der Waals surface area contributed by atoms with Crippen molar-refractivity contribution in [2.75, 3.05) is 20.3 Å². The van der Waals surface area contributed by atoms with Crippen LogP contribution in [0.5, 0.6) is 0 Å². The lowest BCUT2D eigenvalue weighted by Crippen LogP contribution is -2.64. The minimum absolute atomic E-state index is 0.0196. The molecule has 0 radical (unpaired) electrons. The molecule has 0 unspecified atom stereocenters. The maximum absolute atomic E-state index is 7.08. The molecule has 9 rings (SSSR count). The quantitative estimate of drug-likeness (QED) is 0.0515. The van der Waals surface area contributed by atoms with Crippen LogP contribution < -0.4 is 0 Å². The molecule has 3 heterocycles. The summed E-state index contributed by atoms with van der Waals surface area (Å²) in [6.45, 7) is 2.06. The third kappa shape index (κ3) is 15.3. The van der Waals surface area contributed by atoms with Gasteiger partial charge in [-0.05, 0) is 45.5 Å². The Hall–Kier alpha value is -5.97. The molecular weight excluding hydrogens is 923 g/mol. The molecule has 0 N–H and O–H groups in total. The first kappa shape index (κ1) is 51.9. The highest BCUT2D eigenvalue weighted by molar-refractivity contribution is 5.18. The Morgan fingerprint density at radius 2 is 0.671 bits per heavy atom. The standard InChI is InChI=1S/C61H65NO11/c1-63-60-58(68-40-49-30-16-6-17-31-49)56(66-38-47-26-12-4-13-27-47)55(65-37-46-24-10-3-11-25-46)53(72-60)44-71-61-59(69-41-50-32-18-7-19-33-50)57(67-39-48-28-14-5-15-29-48)54(70-42-51-34-20-21-35-62-51)52(73-61)43-64-36-45-22-8-2-9-23-45/h2-35,52-61H,36-44H2,1H3/t52-,53-,54-,55-,56+,57+,58-,59-,60+,61+/m1/s1. The number of hydrogen-bond donors (Lipinski definition) is 0. The molecule has 73 heavy (non-hydrogen) atoms. The van der Waals surface area contributed by atoms with Gasteiger partial charge >= 0.3 is 0 Å². The van der Waals surface area contributed by atoms with Crippen molar-refractivity contribution in [3.63, 3.8) is 0 Å². The predicted octanol–water partition coefficient (Wildman–Crippen LogP) is 10.2. The van der Waals surface area contributed by atoms with Crippen LogP contribution in [-0.4, -0.2) is 86.7 Å². The van der Waals surface area contributed by atoms with E-state index >= 15 is 0 Å². The van der Waals surface area contributed by atoms with E-state index in [4.69, 9.17) is 52.1 Å². The van der Waals surface area contributed by atoms with Crippen LogP contribution in [0.25, 0.3) is 0 Å². The first-order valence-electron chi connectivity index (χ1n) is 25.0. The summed E-state index contributed by atoms with van der Waals surface area (Å²) < 4.78 is 75.0. The van der Waals surface area contributed by atoms with Gasteiger partial charge in [0.15, 0.2) is 12.6 Å². The average Bonchev–Trinajstić information content (AvgIpc) is 3.45. The van der Waals surface area contributed by atoms with Crippen LogP contribution in [0, 0.1) is 0 Å². The van der Waals surface area contributed by atoms with Gasteiger partial charge in [-0.3, -0.25) is 4.98 Å². The van der Waals surface area contributed by atoms with E-state index in [9.17, 15) is 0 Å². The van der Waals surface area contributed by atoms with Crippen molar-refractivity contribution in [1.82, 2.24) is 4.98 Å².